The largest absolute Gasteiger partial charge is 0.395 e. The van der Waals surface area contributed by atoms with Crippen LogP contribution in [0.3, 0.4) is 0 Å². The quantitative estimate of drug-likeness (QED) is 0.0730. The van der Waals surface area contributed by atoms with E-state index in [1.54, 1.807) is 0 Å². The van der Waals surface area contributed by atoms with Crippen molar-refractivity contribution in [3.05, 3.63) is 11.4 Å². The zero-order chi connectivity index (χ0) is 17.6. The number of hydrazine groups is 1. The van der Waals surface area contributed by atoms with Gasteiger partial charge in [-0.2, -0.15) is 0 Å². The zero-order valence-electron chi connectivity index (χ0n) is 12.8. The van der Waals surface area contributed by atoms with Gasteiger partial charge in [-0.1, -0.05) is 13.3 Å². The van der Waals surface area contributed by atoms with Crippen LogP contribution in [0.2, 0.25) is 0 Å². The van der Waals surface area contributed by atoms with Gasteiger partial charge < -0.3 is 32.0 Å². The summed E-state index contributed by atoms with van der Waals surface area (Å²) in [6.07, 6.45) is 0.296. The second-order valence-corrected chi connectivity index (χ2v) is 6.00. The predicted molar refractivity (Wildman–Crippen MR) is 88.1 cm³/mol. The molecule has 1 heterocycles. The smallest absolute Gasteiger partial charge is 0.288 e. The highest BCUT2D eigenvalue weighted by Gasteiger charge is 2.33. The van der Waals surface area contributed by atoms with Crippen LogP contribution in [0.5, 0.6) is 0 Å². The first-order valence-electron chi connectivity index (χ1n) is 6.96. The van der Waals surface area contributed by atoms with Gasteiger partial charge in [-0.15, -0.1) is 11.8 Å². The number of aliphatic hydroxyl groups excluding tert-OH is 1. The molecule has 0 spiro atoms. The van der Waals surface area contributed by atoms with Crippen LogP contribution in [0, 0.1) is 10.8 Å². The number of amides is 1. The molecule has 1 saturated heterocycles. The van der Waals surface area contributed by atoms with Crippen LogP contribution in [0.1, 0.15) is 19.8 Å². The van der Waals surface area contributed by atoms with Crippen molar-refractivity contribution in [1.82, 2.24) is 10.3 Å². The molecule has 0 aromatic heterocycles. The summed E-state index contributed by atoms with van der Waals surface area (Å²) in [5.74, 6) is 4.92. The second-order valence-electron chi connectivity index (χ2n) is 4.80. The van der Waals surface area contributed by atoms with E-state index in [0.29, 0.717) is 18.6 Å². The van der Waals surface area contributed by atoms with Gasteiger partial charge in [0, 0.05) is 5.75 Å². The van der Waals surface area contributed by atoms with Crippen molar-refractivity contribution in [1.29, 1.82) is 10.8 Å². The molecule has 10 nitrogen and oxygen atoms in total. The Bertz CT molecular complexity index is 511. The van der Waals surface area contributed by atoms with E-state index >= 15 is 0 Å². The summed E-state index contributed by atoms with van der Waals surface area (Å²) in [6.45, 7) is 1.68. The first kappa shape index (κ1) is 19.2. The predicted octanol–water partition coefficient (Wildman–Crippen LogP) is -1.43. The number of thioether (sulfide) groups is 1. The first-order chi connectivity index (χ1) is 10.8. The second kappa shape index (κ2) is 8.72. The number of ether oxygens (including phenoxy) is 1. The van der Waals surface area contributed by atoms with Gasteiger partial charge in [-0.3, -0.25) is 10.2 Å². The zero-order valence-corrected chi connectivity index (χ0v) is 13.7. The van der Waals surface area contributed by atoms with Gasteiger partial charge in [0.15, 0.2) is 12.2 Å². The SMILES string of the molecule is CCCC(=N)/C(N)=C(\NC(=N)N)C(=O)N(N)C1CSC(CO)O1. The molecule has 1 rings (SSSR count). The first-order valence-corrected chi connectivity index (χ1v) is 8.01. The molecule has 0 radical (unpaired) electrons. The average molecular weight is 345 g/mol. The van der Waals surface area contributed by atoms with Crippen molar-refractivity contribution in [2.24, 2.45) is 17.3 Å². The van der Waals surface area contributed by atoms with Crippen molar-refractivity contribution >= 4 is 29.3 Å². The average Bonchev–Trinajstić information content (AvgIpc) is 2.99. The van der Waals surface area contributed by atoms with E-state index in [0.717, 1.165) is 5.01 Å². The molecule has 0 saturated carbocycles. The van der Waals surface area contributed by atoms with E-state index in [1.165, 1.54) is 11.8 Å². The van der Waals surface area contributed by atoms with Crippen molar-refractivity contribution in [2.75, 3.05) is 12.4 Å². The number of carbonyl (C=O) groups is 1. The third-order valence-corrected chi connectivity index (χ3v) is 4.10. The topological polar surface area (TPSA) is 188 Å². The maximum Gasteiger partial charge on any atom is 0.288 e. The van der Waals surface area contributed by atoms with Gasteiger partial charge in [-0.25, -0.2) is 10.9 Å². The minimum Gasteiger partial charge on any atom is -0.395 e. The van der Waals surface area contributed by atoms with Crippen LogP contribution in [-0.4, -0.2) is 51.7 Å². The number of carbonyl (C=O) groups excluding carboxylic acids is 1. The van der Waals surface area contributed by atoms with E-state index in [4.69, 9.17) is 38.0 Å². The third kappa shape index (κ3) is 5.10. The highest BCUT2D eigenvalue weighted by molar-refractivity contribution is 8.00. The molecule has 11 heteroatoms. The van der Waals surface area contributed by atoms with Crippen LogP contribution >= 0.6 is 11.8 Å². The molecule has 0 aromatic carbocycles. The summed E-state index contributed by atoms with van der Waals surface area (Å²) < 4.78 is 5.40. The number of hydrogen-bond acceptors (Lipinski definition) is 8. The molecular formula is C12H23N7O3S. The summed E-state index contributed by atoms with van der Waals surface area (Å²) in [5, 5.41) is 27.4. The van der Waals surface area contributed by atoms with Gasteiger partial charge in [-0.05, 0) is 6.42 Å². The molecule has 10 N–H and O–H groups in total. The van der Waals surface area contributed by atoms with Crippen LogP contribution in [0.25, 0.3) is 0 Å². The van der Waals surface area contributed by atoms with Crippen LogP contribution in [0.4, 0.5) is 0 Å². The van der Waals surface area contributed by atoms with Crippen LogP contribution in [-0.2, 0) is 9.53 Å². The van der Waals surface area contributed by atoms with Crippen molar-refractivity contribution in [3.8, 4) is 0 Å². The number of nitrogens with one attached hydrogen (secondary N) is 3. The van der Waals surface area contributed by atoms with E-state index in [9.17, 15) is 4.79 Å². The lowest BCUT2D eigenvalue weighted by molar-refractivity contribution is -0.141. The fraction of sp³-hybridized carbons (Fsp3) is 0.583. The standard InChI is InChI=1S/C12H23N7O3S/c1-2-3-6(13)9(14)10(18-12(15)16)11(21)19(17)7-5-23-8(4-20)22-7/h7-8,13,20H,2-5,14,17H2,1H3,(H4,15,16,18)/b10-9+,13-6?. The summed E-state index contributed by atoms with van der Waals surface area (Å²) in [6, 6.07) is 0. The summed E-state index contributed by atoms with van der Waals surface area (Å²) in [7, 11) is 0. The molecule has 1 fully saturated rings. The Balaban J connectivity index is 2.97. The summed E-state index contributed by atoms with van der Waals surface area (Å²) in [5.41, 5.74) is 10.3. The Morgan fingerprint density at radius 2 is 2.13 bits per heavy atom. The van der Waals surface area contributed by atoms with E-state index < -0.39 is 23.5 Å². The number of hydrogen-bond donors (Lipinski definition) is 7. The molecule has 0 aliphatic carbocycles. The molecule has 0 aromatic rings. The van der Waals surface area contributed by atoms with E-state index in [-0.39, 0.29) is 23.7 Å². The van der Waals surface area contributed by atoms with Gasteiger partial charge in [0.25, 0.3) is 5.91 Å². The van der Waals surface area contributed by atoms with Crippen LogP contribution in [0.15, 0.2) is 11.4 Å². The highest BCUT2D eigenvalue weighted by Crippen LogP contribution is 2.26. The number of rotatable bonds is 7. The number of nitrogens with zero attached hydrogens (tertiary/aromatic N) is 1. The Hall–Kier alpha value is -1.82. The van der Waals surface area contributed by atoms with Crippen molar-refractivity contribution in [3.63, 3.8) is 0 Å². The maximum atomic E-state index is 12.5. The Labute approximate surface area is 138 Å². The van der Waals surface area contributed by atoms with Crippen molar-refractivity contribution in [2.45, 2.75) is 31.4 Å². The lowest BCUT2D eigenvalue weighted by atomic mass is 10.1. The Kier molecular flexibility index (Phi) is 7.29. The Morgan fingerprint density at radius 3 is 2.61 bits per heavy atom. The maximum absolute atomic E-state index is 12.5. The molecule has 23 heavy (non-hydrogen) atoms. The highest BCUT2D eigenvalue weighted by atomic mass is 32.2. The number of aliphatic hydroxyl groups is 1. The fourth-order valence-electron chi connectivity index (χ4n) is 1.85. The summed E-state index contributed by atoms with van der Waals surface area (Å²) >= 11 is 1.32. The molecule has 2 unspecified atom stereocenters. The van der Waals surface area contributed by atoms with Gasteiger partial charge in [0.05, 0.1) is 18.0 Å². The molecule has 1 amide bonds. The van der Waals surface area contributed by atoms with E-state index in [1.807, 2.05) is 6.92 Å². The van der Waals surface area contributed by atoms with Gasteiger partial charge in [0.2, 0.25) is 0 Å². The van der Waals surface area contributed by atoms with Gasteiger partial charge in [0.1, 0.15) is 11.1 Å². The number of nitrogens with two attached hydrogens (primary N) is 3. The summed E-state index contributed by atoms with van der Waals surface area (Å²) in [4.78, 5) is 12.5. The normalized spacial score (nSPS) is 21.5. The fourth-order valence-corrected chi connectivity index (χ4v) is 2.78. The van der Waals surface area contributed by atoms with E-state index in [2.05, 4.69) is 5.32 Å². The van der Waals surface area contributed by atoms with Crippen LogP contribution < -0.4 is 22.6 Å². The monoisotopic (exact) mass is 345 g/mol. The van der Waals surface area contributed by atoms with Gasteiger partial charge >= 0.3 is 0 Å². The molecule has 1 aliphatic rings. The van der Waals surface area contributed by atoms with Crippen molar-refractivity contribution < 1.29 is 14.6 Å². The molecule has 2 atom stereocenters. The minimum atomic E-state index is -0.749. The molecular weight excluding hydrogens is 322 g/mol. The lowest BCUT2D eigenvalue weighted by Crippen LogP contribution is -2.51. The third-order valence-electron chi connectivity index (χ3n) is 3.00. The molecule has 0 bridgehead atoms. The Morgan fingerprint density at radius 1 is 1.48 bits per heavy atom. The number of allylic oxidation sites excluding steroid dienone is 1. The minimum absolute atomic E-state index is 0.0490. The molecule has 130 valence electrons. The lowest BCUT2D eigenvalue weighted by Gasteiger charge is -2.25. The number of guanidine groups is 1. The molecule has 1 aliphatic heterocycles.